The molecule has 1 aromatic carbocycles. The van der Waals surface area contributed by atoms with E-state index in [-0.39, 0.29) is 14.3 Å². The van der Waals surface area contributed by atoms with E-state index in [0.29, 0.717) is 0 Å². The van der Waals surface area contributed by atoms with Gasteiger partial charge in [-0.2, -0.15) is 13.2 Å². The predicted octanol–water partition coefficient (Wildman–Crippen LogP) is 3.55. The summed E-state index contributed by atoms with van der Waals surface area (Å²) in [6.07, 6.45) is -4.43. The van der Waals surface area contributed by atoms with Gasteiger partial charge in [-0.25, -0.2) is 0 Å². The molecular formula is C7H4ClF3IN. The molecule has 0 aromatic heterocycles. The largest absolute Gasteiger partial charge is 0.418 e. The minimum atomic E-state index is -4.43. The smallest absolute Gasteiger partial charge is 0.399 e. The van der Waals surface area contributed by atoms with Crippen molar-refractivity contribution in [1.82, 2.24) is 0 Å². The van der Waals surface area contributed by atoms with Crippen molar-refractivity contribution in [2.75, 3.05) is 5.73 Å². The molecule has 1 aromatic rings. The zero-order valence-corrected chi connectivity index (χ0v) is 9.04. The quantitative estimate of drug-likeness (QED) is 0.574. The lowest BCUT2D eigenvalue weighted by Crippen LogP contribution is -2.09. The first-order chi connectivity index (χ1) is 5.82. The molecule has 1 rings (SSSR count). The van der Waals surface area contributed by atoms with Crippen LogP contribution >= 0.6 is 34.2 Å². The van der Waals surface area contributed by atoms with Gasteiger partial charge >= 0.3 is 6.18 Å². The molecule has 1 nitrogen and oxygen atoms in total. The van der Waals surface area contributed by atoms with Crippen molar-refractivity contribution in [3.05, 3.63) is 26.3 Å². The molecule has 0 aliphatic rings. The summed E-state index contributed by atoms with van der Waals surface area (Å²) in [5, 5.41) is -0.364. The Bertz CT molecular complexity index is 314. The summed E-state index contributed by atoms with van der Waals surface area (Å²) in [5.41, 5.74) is 4.71. The van der Waals surface area contributed by atoms with E-state index in [2.05, 4.69) is 0 Å². The fourth-order valence-electron chi connectivity index (χ4n) is 0.864. The third-order valence-corrected chi connectivity index (χ3v) is 2.50. The van der Waals surface area contributed by atoms with Crippen LogP contribution in [-0.4, -0.2) is 0 Å². The van der Waals surface area contributed by atoms with Gasteiger partial charge in [0, 0.05) is 9.26 Å². The summed E-state index contributed by atoms with van der Waals surface area (Å²) in [6.45, 7) is 0. The second-order valence-corrected chi connectivity index (χ2v) is 3.93. The normalized spacial score (nSPS) is 11.8. The van der Waals surface area contributed by atoms with Gasteiger partial charge in [-0.05, 0) is 34.7 Å². The number of rotatable bonds is 0. The maximum Gasteiger partial charge on any atom is 0.418 e. The molecule has 0 spiro atoms. The second kappa shape index (κ2) is 3.53. The molecule has 0 aliphatic heterocycles. The van der Waals surface area contributed by atoms with Gasteiger partial charge in [0.1, 0.15) is 0 Å². The predicted molar refractivity (Wildman–Crippen MR) is 53.6 cm³/mol. The number of hydrogen-bond donors (Lipinski definition) is 1. The summed E-state index contributed by atoms with van der Waals surface area (Å²) >= 11 is 6.97. The highest BCUT2D eigenvalue weighted by molar-refractivity contribution is 14.1. The van der Waals surface area contributed by atoms with Gasteiger partial charge in [0.25, 0.3) is 0 Å². The fraction of sp³-hybridized carbons (Fsp3) is 0.143. The number of nitrogen functional groups attached to an aromatic ring is 1. The van der Waals surface area contributed by atoms with E-state index in [4.69, 9.17) is 17.3 Å². The third-order valence-electron chi connectivity index (χ3n) is 1.35. The van der Waals surface area contributed by atoms with Crippen molar-refractivity contribution in [1.29, 1.82) is 0 Å². The molecule has 6 heteroatoms. The summed E-state index contributed by atoms with van der Waals surface area (Å²) in [7, 11) is 0. The monoisotopic (exact) mass is 321 g/mol. The minimum absolute atomic E-state index is 0.00935. The van der Waals surface area contributed by atoms with Gasteiger partial charge in [0.15, 0.2) is 0 Å². The Balaban J connectivity index is 3.38. The van der Waals surface area contributed by atoms with Crippen LogP contribution in [-0.2, 0) is 6.18 Å². The van der Waals surface area contributed by atoms with Gasteiger partial charge in [0.2, 0.25) is 0 Å². The highest BCUT2D eigenvalue weighted by Crippen LogP contribution is 2.38. The van der Waals surface area contributed by atoms with Crippen LogP contribution in [0.15, 0.2) is 12.1 Å². The van der Waals surface area contributed by atoms with E-state index in [1.807, 2.05) is 0 Å². The fourth-order valence-corrected chi connectivity index (χ4v) is 2.31. The lowest BCUT2D eigenvalue weighted by atomic mass is 10.2. The van der Waals surface area contributed by atoms with Crippen molar-refractivity contribution in [3.8, 4) is 0 Å². The minimum Gasteiger partial charge on any atom is -0.399 e. The number of alkyl halides is 3. The number of benzene rings is 1. The molecule has 13 heavy (non-hydrogen) atoms. The van der Waals surface area contributed by atoms with E-state index < -0.39 is 11.7 Å². The van der Waals surface area contributed by atoms with Crippen LogP contribution < -0.4 is 5.73 Å². The average molecular weight is 321 g/mol. The molecule has 0 atom stereocenters. The van der Waals surface area contributed by atoms with Crippen LogP contribution in [0.5, 0.6) is 0 Å². The van der Waals surface area contributed by atoms with Gasteiger partial charge < -0.3 is 5.73 Å². The lowest BCUT2D eigenvalue weighted by Gasteiger charge is -2.11. The van der Waals surface area contributed by atoms with Crippen molar-refractivity contribution in [3.63, 3.8) is 0 Å². The maximum atomic E-state index is 12.3. The van der Waals surface area contributed by atoms with E-state index in [1.165, 1.54) is 6.07 Å². The lowest BCUT2D eigenvalue weighted by molar-refractivity contribution is -0.138. The first kappa shape index (κ1) is 10.9. The van der Waals surface area contributed by atoms with Crippen molar-refractivity contribution < 1.29 is 13.2 Å². The molecule has 0 unspecified atom stereocenters. The Labute approximate surface area is 91.2 Å². The SMILES string of the molecule is Nc1cc(Cl)c(C(F)(F)F)c(I)c1. The molecule has 0 amide bonds. The standard InChI is InChI=1S/C7H4ClF3IN/c8-4-1-3(13)2-5(12)6(4)7(9,10)11/h1-2H,13H2. The molecule has 2 N–H and O–H groups in total. The third kappa shape index (κ3) is 2.40. The molecule has 0 bridgehead atoms. The number of halogens is 5. The first-order valence-corrected chi connectivity index (χ1v) is 4.60. The van der Waals surface area contributed by atoms with Gasteiger partial charge in [0.05, 0.1) is 10.6 Å². The Morgan fingerprint density at radius 1 is 1.31 bits per heavy atom. The van der Waals surface area contributed by atoms with E-state index in [9.17, 15) is 13.2 Å². The number of nitrogens with two attached hydrogens (primary N) is 1. The molecule has 0 radical (unpaired) electrons. The molecular weight excluding hydrogens is 317 g/mol. The average Bonchev–Trinajstić information content (AvgIpc) is 1.78. The second-order valence-electron chi connectivity index (χ2n) is 2.36. The molecule has 0 fully saturated rings. The van der Waals surface area contributed by atoms with E-state index in [1.54, 1.807) is 22.6 Å². The first-order valence-electron chi connectivity index (χ1n) is 3.14. The van der Waals surface area contributed by atoms with Gasteiger partial charge in [-0.15, -0.1) is 0 Å². The topological polar surface area (TPSA) is 26.0 Å². The molecule has 72 valence electrons. The Hall–Kier alpha value is -0.170. The number of hydrogen-bond acceptors (Lipinski definition) is 1. The van der Waals surface area contributed by atoms with Gasteiger partial charge in [-0.3, -0.25) is 0 Å². The zero-order valence-electron chi connectivity index (χ0n) is 6.12. The maximum absolute atomic E-state index is 12.3. The molecule has 0 aliphatic carbocycles. The summed E-state index contributed by atoms with van der Waals surface area (Å²) in [4.78, 5) is 0. The molecule has 0 heterocycles. The Kier molecular flexibility index (Phi) is 2.96. The Morgan fingerprint density at radius 2 is 1.85 bits per heavy atom. The van der Waals surface area contributed by atoms with Crippen LogP contribution in [0.25, 0.3) is 0 Å². The van der Waals surface area contributed by atoms with Crippen molar-refractivity contribution >= 4 is 39.9 Å². The van der Waals surface area contributed by atoms with Gasteiger partial charge in [-0.1, -0.05) is 11.6 Å². The zero-order chi connectivity index (χ0) is 10.2. The number of anilines is 1. The highest BCUT2D eigenvalue weighted by Gasteiger charge is 2.35. The van der Waals surface area contributed by atoms with E-state index >= 15 is 0 Å². The van der Waals surface area contributed by atoms with Crippen molar-refractivity contribution in [2.24, 2.45) is 0 Å². The Morgan fingerprint density at radius 3 is 2.23 bits per heavy atom. The highest BCUT2D eigenvalue weighted by atomic mass is 127. The summed E-state index contributed by atoms with van der Waals surface area (Å²) in [6, 6.07) is 2.32. The van der Waals surface area contributed by atoms with Crippen molar-refractivity contribution in [2.45, 2.75) is 6.18 Å². The van der Waals surface area contributed by atoms with E-state index in [0.717, 1.165) is 6.07 Å². The molecule has 0 saturated carbocycles. The van der Waals surface area contributed by atoms with Crippen LogP contribution in [0.4, 0.5) is 18.9 Å². The summed E-state index contributed by atoms with van der Waals surface area (Å²) < 4.78 is 36.9. The molecule has 0 saturated heterocycles. The van der Waals surface area contributed by atoms with Crippen LogP contribution in [0.2, 0.25) is 5.02 Å². The van der Waals surface area contributed by atoms with Crippen LogP contribution in [0.1, 0.15) is 5.56 Å². The van der Waals surface area contributed by atoms with Crippen LogP contribution in [0, 0.1) is 3.57 Å². The van der Waals surface area contributed by atoms with Crippen LogP contribution in [0.3, 0.4) is 0 Å². The summed E-state index contributed by atoms with van der Waals surface area (Å²) in [5.74, 6) is 0.